The fraction of sp³-hybridized carbons (Fsp3) is 0.667. The van der Waals surface area contributed by atoms with Crippen LogP contribution in [-0.4, -0.2) is 68.5 Å². The summed E-state index contributed by atoms with van der Waals surface area (Å²) in [6.45, 7) is 3.08. The average Bonchev–Trinajstić information content (AvgIpc) is 3.31. The molecule has 1 saturated carbocycles. The molecule has 2 saturated heterocycles. The molecule has 4 rings (SSSR count). The molecule has 1 aromatic rings. The molecule has 1 aromatic heterocycles. The first-order chi connectivity index (χ1) is 12.5. The van der Waals surface area contributed by atoms with E-state index in [1.807, 2.05) is 6.07 Å². The number of hydrogen-bond acceptors (Lipinski definition) is 6. The highest BCUT2D eigenvalue weighted by molar-refractivity contribution is 7.91. The number of carbonyl (C=O) groups excluding carboxylic acids is 1. The molecule has 0 unspecified atom stereocenters. The van der Waals surface area contributed by atoms with Crippen molar-refractivity contribution in [1.82, 2.24) is 9.88 Å². The fourth-order valence-corrected chi connectivity index (χ4v) is 4.62. The predicted molar refractivity (Wildman–Crippen MR) is 98.5 cm³/mol. The third-order valence-corrected chi connectivity index (χ3v) is 6.90. The summed E-state index contributed by atoms with van der Waals surface area (Å²) in [5.41, 5.74) is 1.29. The lowest BCUT2D eigenvalue weighted by molar-refractivity contribution is 0.0763. The molecular weight excluding hydrogens is 354 g/mol. The minimum absolute atomic E-state index is 0.0235. The van der Waals surface area contributed by atoms with Gasteiger partial charge >= 0.3 is 0 Å². The highest BCUT2D eigenvalue weighted by Crippen LogP contribution is 2.33. The molecule has 0 radical (unpaired) electrons. The van der Waals surface area contributed by atoms with Crippen molar-refractivity contribution < 1.29 is 17.9 Å². The van der Waals surface area contributed by atoms with Gasteiger partial charge in [0.25, 0.3) is 5.91 Å². The van der Waals surface area contributed by atoms with Gasteiger partial charge in [-0.25, -0.2) is 13.4 Å². The van der Waals surface area contributed by atoms with E-state index in [0.29, 0.717) is 24.1 Å². The summed E-state index contributed by atoms with van der Waals surface area (Å²) >= 11 is 0. The molecule has 142 valence electrons. The smallest absolute Gasteiger partial charge is 0.272 e. The van der Waals surface area contributed by atoms with E-state index in [0.717, 1.165) is 31.6 Å². The summed E-state index contributed by atoms with van der Waals surface area (Å²) in [6, 6.07) is 3.66. The largest absolute Gasteiger partial charge is 0.476 e. The van der Waals surface area contributed by atoms with Crippen molar-refractivity contribution >= 4 is 21.4 Å². The van der Waals surface area contributed by atoms with Crippen LogP contribution < -0.4 is 9.64 Å². The van der Waals surface area contributed by atoms with E-state index in [1.54, 1.807) is 11.0 Å². The second-order valence-corrected chi connectivity index (χ2v) is 9.72. The van der Waals surface area contributed by atoms with Crippen LogP contribution in [0.3, 0.4) is 0 Å². The quantitative estimate of drug-likeness (QED) is 0.768. The third kappa shape index (κ3) is 3.95. The number of ether oxygens (including phenoxy) is 1. The van der Waals surface area contributed by atoms with Crippen LogP contribution in [0.4, 0.5) is 5.69 Å². The van der Waals surface area contributed by atoms with Crippen LogP contribution in [0.1, 0.15) is 36.2 Å². The van der Waals surface area contributed by atoms with Gasteiger partial charge in [0, 0.05) is 26.2 Å². The Hall–Kier alpha value is -1.83. The zero-order valence-electron chi connectivity index (χ0n) is 14.9. The van der Waals surface area contributed by atoms with Crippen LogP contribution in [0.2, 0.25) is 0 Å². The second kappa shape index (κ2) is 7.06. The fourth-order valence-electron chi connectivity index (χ4n) is 3.42. The highest BCUT2D eigenvalue weighted by Gasteiger charge is 2.28. The predicted octanol–water partition coefficient (Wildman–Crippen LogP) is 1.34. The Morgan fingerprint density at radius 3 is 2.46 bits per heavy atom. The monoisotopic (exact) mass is 379 g/mol. The van der Waals surface area contributed by atoms with Crippen LogP contribution in [0, 0.1) is 5.92 Å². The number of pyridine rings is 1. The number of hydrogen-bond donors (Lipinski definition) is 0. The van der Waals surface area contributed by atoms with Crippen LogP contribution in [0.5, 0.6) is 5.88 Å². The third-order valence-electron chi connectivity index (χ3n) is 5.29. The van der Waals surface area contributed by atoms with Crippen molar-refractivity contribution in [2.45, 2.75) is 25.7 Å². The second-order valence-electron chi connectivity index (χ2n) is 7.41. The molecule has 3 aliphatic rings. The lowest BCUT2D eigenvalue weighted by Gasteiger charge is -2.27. The van der Waals surface area contributed by atoms with Crippen LogP contribution in [0.15, 0.2) is 12.1 Å². The van der Waals surface area contributed by atoms with Crippen molar-refractivity contribution in [3.8, 4) is 5.88 Å². The molecule has 0 aromatic carbocycles. The van der Waals surface area contributed by atoms with Crippen molar-refractivity contribution in [2.75, 3.05) is 49.2 Å². The van der Waals surface area contributed by atoms with E-state index in [-0.39, 0.29) is 30.5 Å². The summed E-state index contributed by atoms with van der Waals surface area (Å²) in [6.07, 6.45) is 4.70. The number of rotatable bonds is 5. The van der Waals surface area contributed by atoms with Gasteiger partial charge in [-0.15, -0.1) is 0 Å². The van der Waals surface area contributed by atoms with Crippen LogP contribution >= 0.6 is 0 Å². The van der Waals surface area contributed by atoms with E-state index in [2.05, 4.69) is 9.88 Å². The Bertz CT molecular complexity index is 772. The number of anilines is 1. The average molecular weight is 379 g/mol. The number of aromatic nitrogens is 1. The summed E-state index contributed by atoms with van der Waals surface area (Å²) in [7, 11) is -3.01. The molecule has 0 bridgehead atoms. The summed E-state index contributed by atoms with van der Waals surface area (Å²) < 4.78 is 29.1. The van der Waals surface area contributed by atoms with Crippen molar-refractivity contribution in [2.24, 2.45) is 5.92 Å². The topological polar surface area (TPSA) is 79.8 Å². The van der Waals surface area contributed by atoms with Gasteiger partial charge in [0.2, 0.25) is 5.88 Å². The number of carbonyl (C=O) groups is 1. The zero-order valence-corrected chi connectivity index (χ0v) is 15.7. The lowest BCUT2D eigenvalue weighted by atomic mass is 10.2. The Balaban J connectivity index is 1.53. The number of nitrogens with zero attached hydrogens (tertiary/aromatic N) is 3. The molecule has 0 N–H and O–H groups in total. The molecule has 8 heteroatoms. The van der Waals surface area contributed by atoms with Gasteiger partial charge in [-0.05, 0) is 43.7 Å². The maximum absolute atomic E-state index is 12.7. The molecule has 26 heavy (non-hydrogen) atoms. The molecule has 2 aliphatic heterocycles. The van der Waals surface area contributed by atoms with E-state index < -0.39 is 9.84 Å². The lowest BCUT2D eigenvalue weighted by Crippen LogP contribution is -2.44. The highest BCUT2D eigenvalue weighted by atomic mass is 32.2. The first-order valence-electron chi connectivity index (χ1n) is 9.40. The van der Waals surface area contributed by atoms with Crippen molar-refractivity contribution in [1.29, 1.82) is 0 Å². The van der Waals surface area contributed by atoms with Gasteiger partial charge in [0.15, 0.2) is 9.84 Å². The summed E-state index contributed by atoms with van der Waals surface area (Å²) in [4.78, 5) is 21.1. The SMILES string of the molecule is O=C(c1ccc(N2CCCC2)c(OCC2CC2)n1)N1CCS(=O)(=O)CC1. The molecule has 1 aliphatic carbocycles. The van der Waals surface area contributed by atoms with E-state index >= 15 is 0 Å². The minimum atomic E-state index is -3.01. The van der Waals surface area contributed by atoms with Gasteiger partial charge in [0.05, 0.1) is 23.8 Å². The summed E-state index contributed by atoms with van der Waals surface area (Å²) in [5.74, 6) is 0.971. The Morgan fingerprint density at radius 1 is 1.12 bits per heavy atom. The van der Waals surface area contributed by atoms with E-state index in [4.69, 9.17) is 4.74 Å². The normalized spacial score (nSPS) is 22.5. The van der Waals surface area contributed by atoms with Crippen molar-refractivity contribution in [3.05, 3.63) is 17.8 Å². The first kappa shape index (κ1) is 17.6. The molecule has 3 fully saturated rings. The molecule has 7 nitrogen and oxygen atoms in total. The number of sulfone groups is 1. The van der Waals surface area contributed by atoms with Gasteiger partial charge in [-0.1, -0.05) is 0 Å². The standard InChI is InChI=1S/C18H25N3O4S/c22-18(21-9-11-26(23,24)12-10-21)15-5-6-16(20-7-1-2-8-20)17(19-15)25-13-14-3-4-14/h5-6,14H,1-4,7-13H2. The Kier molecular flexibility index (Phi) is 4.77. The maximum atomic E-state index is 12.7. The number of amides is 1. The Labute approximate surface area is 154 Å². The molecule has 3 heterocycles. The van der Waals surface area contributed by atoms with Gasteiger partial charge in [0.1, 0.15) is 5.69 Å². The van der Waals surface area contributed by atoms with E-state index in [1.165, 1.54) is 12.8 Å². The molecule has 0 atom stereocenters. The Morgan fingerprint density at radius 2 is 1.81 bits per heavy atom. The van der Waals surface area contributed by atoms with Gasteiger partial charge in [-0.3, -0.25) is 4.79 Å². The van der Waals surface area contributed by atoms with Crippen LogP contribution in [-0.2, 0) is 9.84 Å². The van der Waals surface area contributed by atoms with Crippen LogP contribution in [0.25, 0.3) is 0 Å². The minimum Gasteiger partial charge on any atom is -0.476 e. The van der Waals surface area contributed by atoms with Gasteiger partial charge < -0.3 is 14.5 Å². The first-order valence-corrected chi connectivity index (χ1v) is 11.2. The molecule has 1 amide bonds. The molecular formula is C18H25N3O4S. The van der Waals surface area contributed by atoms with Crippen molar-refractivity contribution in [3.63, 3.8) is 0 Å². The van der Waals surface area contributed by atoms with E-state index in [9.17, 15) is 13.2 Å². The molecule has 0 spiro atoms. The van der Waals surface area contributed by atoms with Gasteiger partial charge in [-0.2, -0.15) is 0 Å². The summed E-state index contributed by atoms with van der Waals surface area (Å²) in [5, 5.41) is 0. The maximum Gasteiger partial charge on any atom is 0.272 e. The zero-order chi connectivity index (χ0) is 18.1.